The molecular weight excluding hydrogens is 348 g/mol. The molecule has 1 heterocycles. The first-order valence-electron chi connectivity index (χ1n) is 8.43. The summed E-state index contributed by atoms with van der Waals surface area (Å²) in [6, 6.07) is 8.18. The van der Waals surface area contributed by atoms with Crippen LogP contribution in [0.25, 0.3) is 0 Å². The normalized spacial score (nSPS) is 11.5. The minimum atomic E-state index is -0.194. The third kappa shape index (κ3) is 4.91. The van der Waals surface area contributed by atoms with E-state index in [1.807, 2.05) is 64.0 Å². The van der Waals surface area contributed by atoms with Gasteiger partial charge in [0.2, 0.25) is 11.1 Å². The van der Waals surface area contributed by atoms with Gasteiger partial charge in [-0.3, -0.25) is 4.79 Å². The Morgan fingerprint density at radius 2 is 1.77 bits per heavy atom. The molecule has 0 spiro atoms. The second-order valence-corrected chi connectivity index (χ2v) is 8.47. The lowest BCUT2D eigenvalue weighted by atomic mass is 9.96. The molecular formula is C18H28N6OS. The molecule has 142 valence electrons. The molecule has 26 heavy (non-hydrogen) atoms. The zero-order chi connectivity index (χ0) is 19.5. The lowest BCUT2D eigenvalue weighted by molar-refractivity contribution is -0.127. The Kier molecular flexibility index (Phi) is 6.17. The van der Waals surface area contributed by atoms with Gasteiger partial charge < -0.3 is 15.6 Å². The number of hydrogen-bond acceptors (Lipinski definition) is 6. The number of anilines is 1. The van der Waals surface area contributed by atoms with E-state index < -0.39 is 0 Å². The first-order valence-corrected chi connectivity index (χ1v) is 9.42. The summed E-state index contributed by atoms with van der Waals surface area (Å²) in [5.74, 6) is 7.04. The average molecular weight is 377 g/mol. The summed E-state index contributed by atoms with van der Waals surface area (Å²) in [5, 5.41) is 8.79. The van der Waals surface area contributed by atoms with E-state index >= 15 is 0 Å². The SMILES string of the molecule is CN(Cc1ccc(N(C)C)cc1)C(=O)CSc1nnc(C(C)(C)C)n1N. The van der Waals surface area contributed by atoms with Crippen LogP contribution in [0, 0.1) is 0 Å². The number of benzene rings is 1. The van der Waals surface area contributed by atoms with Gasteiger partial charge in [-0.2, -0.15) is 0 Å². The lowest BCUT2D eigenvalue weighted by Crippen LogP contribution is -2.28. The number of amides is 1. The maximum atomic E-state index is 12.4. The minimum Gasteiger partial charge on any atom is -0.378 e. The van der Waals surface area contributed by atoms with Crippen LogP contribution < -0.4 is 10.7 Å². The van der Waals surface area contributed by atoms with Crippen molar-refractivity contribution < 1.29 is 4.79 Å². The van der Waals surface area contributed by atoms with Crippen LogP contribution >= 0.6 is 11.8 Å². The molecule has 1 aromatic carbocycles. The molecule has 2 rings (SSSR count). The molecule has 0 aliphatic heterocycles. The summed E-state index contributed by atoms with van der Waals surface area (Å²) in [6.45, 7) is 6.63. The number of aromatic nitrogens is 3. The van der Waals surface area contributed by atoms with E-state index in [1.54, 1.807) is 11.9 Å². The lowest BCUT2D eigenvalue weighted by Gasteiger charge is -2.18. The maximum Gasteiger partial charge on any atom is 0.233 e. The minimum absolute atomic E-state index is 0.0204. The van der Waals surface area contributed by atoms with Crippen molar-refractivity contribution in [1.29, 1.82) is 0 Å². The third-order valence-electron chi connectivity index (χ3n) is 3.96. The Morgan fingerprint density at radius 3 is 2.27 bits per heavy atom. The van der Waals surface area contributed by atoms with E-state index in [1.165, 1.54) is 16.4 Å². The van der Waals surface area contributed by atoms with E-state index in [2.05, 4.69) is 10.2 Å². The van der Waals surface area contributed by atoms with E-state index in [0.29, 0.717) is 17.5 Å². The third-order valence-corrected chi connectivity index (χ3v) is 4.89. The molecule has 0 saturated heterocycles. The topological polar surface area (TPSA) is 80.3 Å². The molecule has 0 aliphatic rings. The number of rotatable bonds is 6. The van der Waals surface area contributed by atoms with Crippen LogP contribution in [0.1, 0.15) is 32.2 Å². The fraction of sp³-hybridized carbons (Fsp3) is 0.500. The second kappa shape index (κ2) is 7.99. The van der Waals surface area contributed by atoms with Crippen LogP contribution in [0.2, 0.25) is 0 Å². The van der Waals surface area contributed by atoms with Gasteiger partial charge >= 0.3 is 0 Å². The van der Waals surface area contributed by atoms with Crippen LogP contribution in [-0.4, -0.2) is 52.6 Å². The predicted molar refractivity (Wildman–Crippen MR) is 107 cm³/mol. The summed E-state index contributed by atoms with van der Waals surface area (Å²) >= 11 is 1.30. The number of carbonyl (C=O) groups is 1. The molecule has 0 atom stereocenters. The van der Waals surface area contributed by atoms with Gasteiger partial charge in [0.05, 0.1) is 5.75 Å². The van der Waals surface area contributed by atoms with Gasteiger partial charge in [-0.15, -0.1) is 10.2 Å². The van der Waals surface area contributed by atoms with Crippen molar-refractivity contribution in [3.63, 3.8) is 0 Å². The molecule has 8 heteroatoms. The summed E-state index contributed by atoms with van der Waals surface area (Å²) in [5.41, 5.74) is 2.03. The fourth-order valence-corrected chi connectivity index (χ4v) is 3.18. The smallest absolute Gasteiger partial charge is 0.233 e. The molecule has 0 bridgehead atoms. The van der Waals surface area contributed by atoms with Crippen molar-refractivity contribution in [1.82, 2.24) is 19.8 Å². The molecule has 0 saturated carbocycles. The Balaban J connectivity index is 1.92. The number of thioether (sulfide) groups is 1. The van der Waals surface area contributed by atoms with Crippen LogP contribution in [0.3, 0.4) is 0 Å². The summed E-state index contributed by atoms with van der Waals surface area (Å²) in [4.78, 5) is 16.2. The van der Waals surface area contributed by atoms with E-state index in [0.717, 1.165) is 11.3 Å². The van der Waals surface area contributed by atoms with Gasteiger partial charge in [-0.1, -0.05) is 44.7 Å². The van der Waals surface area contributed by atoms with Crippen LogP contribution in [0.5, 0.6) is 0 Å². The summed E-state index contributed by atoms with van der Waals surface area (Å²) in [7, 11) is 5.81. The fourth-order valence-electron chi connectivity index (χ4n) is 2.38. The van der Waals surface area contributed by atoms with Crippen molar-refractivity contribution in [2.24, 2.45) is 0 Å². The van der Waals surface area contributed by atoms with Gasteiger partial charge in [0.1, 0.15) is 0 Å². The standard InChI is InChI=1S/C18H28N6OS/c1-18(2,3)16-20-21-17(24(16)19)26-12-15(25)23(6)11-13-7-9-14(10-8-13)22(4)5/h7-10H,11-12,19H2,1-6H3. The van der Waals surface area contributed by atoms with Crippen molar-refractivity contribution in [3.8, 4) is 0 Å². The zero-order valence-corrected chi connectivity index (χ0v) is 17.2. The molecule has 1 amide bonds. The molecule has 1 aromatic heterocycles. The molecule has 2 aromatic rings. The number of hydrogen-bond donors (Lipinski definition) is 1. The highest BCUT2D eigenvalue weighted by molar-refractivity contribution is 7.99. The van der Waals surface area contributed by atoms with Crippen LogP contribution in [0.4, 0.5) is 5.69 Å². The van der Waals surface area contributed by atoms with Crippen molar-refractivity contribution in [2.75, 3.05) is 37.6 Å². The number of carbonyl (C=O) groups excluding carboxylic acids is 1. The van der Waals surface area contributed by atoms with Crippen LogP contribution in [-0.2, 0) is 16.8 Å². The summed E-state index contributed by atoms with van der Waals surface area (Å²) in [6.07, 6.45) is 0. The second-order valence-electron chi connectivity index (χ2n) is 7.53. The zero-order valence-electron chi connectivity index (χ0n) is 16.4. The molecule has 0 aliphatic carbocycles. The molecule has 2 N–H and O–H groups in total. The number of nitrogen functional groups attached to an aromatic ring is 1. The van der Waals surface area contributed by atoms with Crippen molar-refractivity contribution in [3.05, 3.63) is 35.7 Å². The van der Waals surface area contributed by atoms with E-state index in [9.17, 15) is 4.79 Å². The molecule has 7 nitrogen and oxygen atoms in total. The highest BCUT2D eigenvalue weighted by Crippen LogP contribution is 2.23. The highest BCUT2D eigenvalue weighted by Gasteiger charge is 2.23. The molecule has 0 fully saturated rings. The number of nitrogens with two attached hydrogens (primary N) is 1. The van der Waals surface area contributed by atoms with Crippen molar-refractivity contribution >= 4 is 23.4 Å². The van der Waals surface area contributed by atoms with Gasteiger partial charge in [0.15, 0.2) is 5.82 Å². The molecule has 0 unspecified atom stereocenters. The maximum absolute atomic E-state index is 12.4. The van der Waals surface area contributed by atoms with Gasteiger partial charge in [-0.25, -0.2) is 4.68 Å². The quantitative estimate of drug-likeness (QED) is 0.614. The van der Waals surface area contributed by atoms with Crippen LogP contribution in [0.15, 0.2) is 29.4 Å². The van der Waals surface area contributed by atoms with E-state index in [-0.39, 0.29) is 17.1 Å². The monoisotopic (exact) mass is 376 g/mol. The Hall–Kier alpha value is -2.22. The Labute approximate surface area is 159 Å². The van der Waals surface area contributed by atoms with Gasteiger partial charge in [-0.05, 0) is 17.7 Å². The van der Waals surface area contributed by atoms with Crippen molar-refractivity contribution in [2.45, 2.75) is 37.9 Å². The largest absolute Gasteiger partial charge is 0.378 e. The first-order chi connectivity index (χ1) is 12.1. The first kappa shape index (κ1) is 20.1. The van der Waals surface area contributed by atoms with E-state index in [4.69, 9.17) is 5.84 Å². The van der Waals surface area contributed by atoms with Gasteiger partial charge in [0, 0.05) is 38.8 Å². The van der Waals surface area contributed by atoms with Gasteiger partial charge in [0.25, 0.3) is 0 Å². The highest BCUT2D eigenvalue weighted by atomic mass is 32.2. The summed E-state index contributed by atoms with van der Waals surface area (Å²) < 4.78 is 1.47. The Bertz CT molecular complexity index is 748. The predicted octanol–water partition coefficient (Wildman–Crippen LogP) is 2.11. The Morgan fingerprint density at radius 1 is 1.15 bits per heavy atom. The molecule has 0 radical (unpaired) electrons. The number of nitrogens with zero attached hydrogens (tertiary/aromatic N) is 5. The average Bonchev–Trinajstić information content (AvgIpc) is 2.94.